The second-order valence-corrected chi connectivity index (χ2v) is 9.69. The second-order valence-electron chi connectivity index (χ2n) is 9.69. The highest BCUT2D eigenvalue weighted by Gasteiger charge is 2.57. The lowest BCUT2D eigenvalue weighted by Gasteiger charge is -2.49. The van der Waals surface area contributed by atoms with E-state index in [-0.39, 0.29) is 12.8 Å². The van der Waals surface area contributed by atoms with Crippen LogP contribution in [0, 0.1) is 0 Å². The van der Waals surface area contributed by atoms with Gasteiger partial charge >= 0.3 is 29.8 Å². The molecule has 1 aromatic carbocycles. The van der Waals surface area contributed by atoms with Gasteiger partial charge in [0.25, 0.3) is 0 Å². The van der Waals surface area contributed by atoms with Crippen molar-refractivity contribution in [3.8, 4) is 0 Å². The van der Waals surface area contributed by atoms with Crippen molar-refractivity contribution in [3.63, 3.8) is 0 Å². The van der Waals surface area contributed by atoms with Crippen LogP contribution >= 0.6 is 0 Å². The average Bonchev–Trinajstić information content (AvgIpc) is 2.90. The molecule has 1 N–H and O–H groups in total. The third-order valence-corrected chi connectivity index (χ3v) is 6.21. The zero-order valence-corrected chi connectivity index (χ0v) is 24.4. The van der Waals surface area contributed by atoms with E-state index in [4.69, 9.17) is 28.4 Å². The predicted molar refractivity (Wildman–Crippen MR) is 145 cm³/mol. The minimum atomic E-state index is -1.82. The van der Waals surface area contributed by atoms with Crippen molar-refractivity contribution < 1.29 is 57.2 Å². The third kappa shape index (κ3) is 9.98. The highest BCUT2D eigenvalue weighted by molar-refractivity contribution is 5.81. The molecule has 1 aliphatic rings. The van der Waals surface area contributed by atoms with E-state index in [0.717, 1.165) is 40.4 Å². The monoisotopic (exact) mass is 591 g/mol. The van der Waals surface area contributed by atoms with Gasteiger partial charge in [-0.1, -0.05) is 42.5 Å². The lowest BCUT2D eigenvalue weighted by atomic mass is 9.81. The molecule has 1 heterocycles. The van der Waals surface area contributed by atoms with Crippen LogP contribution in [0.1, 0.15) is 53.0 Å². The SMILES string of the molecule is COC(=O)[C@]1(C/C=C/c2ccccc2)C[C@H](OC(C)=O)[C@@H](NC(C)=O)[C@H]([C@H](OC(C)=O)[C@@H](COC(C)=O)OC(C)=O)O1. The molecule has 1 saturated heterocycles. The first-order valence-corrected chi connectivity index (χ1v) is 13.2. The summed E-state index contributed by atoms with van der Waals surface area (Å²) >= 11 is 0. The largest absolute Gasteiger partial charge is 0.467 e. The van der Waals surface area contributed by atoms with Crippen LogP contribution in [0.2, 0.25) is 0 Å². The fraction of sp³-hybridized carbons (Fsp3) is 0.517. The van der Waals surface area contributed by atoms with Crippen molar-refractivity contribution in [1.29, 1.82) is 0 Å². The fourth-order valence-electron chi connectivity index (χ4n) is 4.69. The molecule has 0 bridgehead atoms. The van der Waals surface area contributed by atoms with Crippen molar-refractivity contribution in [2.75, 3.05) is 13.7 Å². The number of hydrogen-bond acceptors (Lipinski definition) is 12. The zero-order valence-electron chi connectivity index (χ0n) is 24.4. The third-order valence-electron chi connectivity index (χ3n) is 6.21. The summed E-state index contributed by atoms with van der Waals surface area (Å²) in [6.07, 6.45) is -2.60. The number of amides is 1. The molecule has 0 radical (unpaired) electrons. The minimum absolute atomic E-state index is 0.0927. The van der Waals surface area contributed by atoms with Gasteiger partial charge in [-0.3, -0.25) is 24.0 Å². The van der Waals surface area contributed by atoms with Crippen LogP contribution in [0.3, 0.4) is 0 Å². The molecule has 1 amide bonds. The first kappa shape index (κ1) is 33.9. The van der Waals surface area contributed by atoms with Crippen molar-refractivity contribution in [3.05, 3.63) is 42.0 Å². The van der Waals surface area contributed by atoms with Crippen molar-refractivity contribution in [2.45, 2.75) is 83.5 Å². The molecule has 0 spiro atoms. The molecule has 0 aliphatic carbocycles. The predicted octanol–water partition coefficient (Wildman–Crippen LogP) is 1.65. The lowest BCUT2D eigenvalue weighted by Crippen LogP contribution is -2.68. The Balaban J connectivity index is 2.71. The second kappa shape index (κ2) is 15.7. The summed E-state index contributed by atoms with van der Waals surface area (Å²) in [6, 6.07) is 7.99. The van der Waals surface area contributed by atoms with E-state index in [1.807, 2.05) is 30.3 Å². The Labute approximate surface area is 243 Å². The van der Waals surface area contributed by atoms with Gasteiger partial charge in [-0.2, -0.15) is 0 Å². The van der Waals surface area contributed by atoms with Gasteiger partial charge in [-0.15, -0.1) is 0 Å². The standard InChI is InChI=1S/C29H37NO12/c1-17(31)30-25-23(39-19(3)33)15-29(28(36)37-6,14-10-13-22-11-8-7-9-12-22)42-27(25)26(41-21(5)35)24(40-20(4)34)16-38-18(2)32/h7-13,23-27H,14-16H2,1-6H3,(H,30,31)/b13-10+/t23-,24+,25+,26+,27+,29-/m0/s1. The molecule has 230 valence electrons. The fourth-order valence-corrected chi connectivity index (χ4v) is 4.69. The molecule has 13 nitrogen and oxygen atoms in total. The van der Waals surface area contributed by atoms with E-state index >= 15 is 0 Å². The molecule has 6 atom stereocenters. The van der Waals surface area contributed by atoms with Gasteiger partial charge in [0.1, 0.15) is 18.8 Å². The van der Waals surface area contributed by atoms with Crippen molar-refractivity contribution >= 4 is 41.8 Å². The summed E-state index contributed by atoms with van der Waals surface area (Å²) in [6.45, 7) is 5.09. The Bertz CT molecular complexity index is 1170. The summed E-state index contributed by atoms with van der Waals surface area (Å²) in [5.41, 5.74) is -0.993. The lowest BCUT2D eigenvalue weighted by molar-refractivity contribution is -0.241. The molecule has 0 unspecified atom stereocenters. The summed E-state index contributed by atoms with van der Waals surface area (Å²) < 4.78 is 33.0. The number of methoxy groups -OCH3 is 1. The number of benzene rings is 1. The normalized spacial score (nSPS) is 23.1. The van der Waals surface area contributed by atoms with Gasteiger partial charge in [0.15, 0.2) is 17.8 Å². The maximum atomic E-state index is 13.4. The number of carbonyl (C=O) groups excluding carboxylic acids is 6. The van der Waals surface area contributed by atoms with E-state index < -0.39 is 78.4 Å². The maximum Gasteiger partial charge on any atom is 0.338 e. The molecular weight excluding hydrogens is 554 g/mol. The highest BCUT2D eigenvalue weighted by atomic mass is 16.6. The van der Waals surface area contributed by atoms with Crippen LogP contribution < -0.4 is 5.32 Å². The number of carbonyl (C=O) groups is 6. The number of rotatable bonds is 12. The Kier molecular flexibility index (Phi) is 12.7. The molecule has 1 fully saturated rings. The molecule has 42 heavy (non-hydrogen) atoms. The summed E-state index contributed by atoms with van der Waals surface area (Å²) in [5.74, 6) is -4.50. The van der Waals surface area contributed by atoms with Crippen LogP contribution in [0.25, 0.3) is 6.08 Å². The molecule has 2 rings (SSSR count). The molecule has 13 heteroatoms. The van der Waals surface area contributed by atoms with Crippen LogP contribution in [-0.4, -0.2) is 85.5 Å². The van der Waals surface area contributed by atoms with E-state index in [1.54, 1.807) is 12.2 Å². The summed E-state index contributed by atoms with van der Waals surface area (Å²) in [4.78, 5) is 73.8. The zero-order chi connectivity index (χ0) is 31.4. The van der Waals surface area contributed by atoms with E-state index in [2.05, 4.69) is 5.32 Å². The Morgan fingerprint density at radius 1 is 0.952 bits per heavy atom. The first-order valence-electron chi connectivity index (χ1n) is 13.2. The molecule has 0 aromatic heterocycles. The van der Waals surface area contributed by atoms with Crippen molar-refractivity contribution in [2.24, 2.45) is 0 Å². The van der Waals surface area contributed by atoms with E-state index in [1.165, 1.54) is 6.92 Å². The topological polar surface area (TPSA) is 170 Å². The number of hydrogen-bond donors (Lipinski definition) is 1. The van der Waals surface area contributed by atoms with Gasteiger partial charge in [0, 0.05) is 47.5 Å². The molecule has 1 aliphatic heterocycles. The van der Waals surface area contributed by atoms with Gasteiger partial charge in [-0.25, -0.2) is 4.79 Å². The quantitative estimate of drug-likeness (QED) is 0.276. The number of esters is 5. The minimum Gasteiger partial charge on any atom is -0.467 e. The highest BCUT2D eigenvalue weighted by Crippen LogP contribution is 2.38. The van der Waals surface area contributed by atoms with Crippen LogP contribution in [0.15, 0.2) is 36.4 Å². The van der Waals surface area contributed by atoms with E-state index in [9.17, 15) is 28.8 Å². The van der Waals surface area contributed by atoms with Gasteiger partial charge in [0.2, 0.25) is 5.91 Å². The summed E-state index contributed by atoms with van der Waals surface area (Å²) in [7, 11) is 1.15. The number of ether oxygens (including phenoxy) is 6. The van der Waals surface area contributed by atoms with Gasteiger partial charge < -0.3 is 33.7 Å². The molecule has 0 saturated carbocycles. The van der Waals surface area contributed by atoms with Crippen LogP contribution in [-0.2, 0) is 57.2 Å². The number of nitrogens with one attached hydrogen (secondary N) is 1. The first-order chi connectivity index (χ1) is 19.8. The van der Waals surface area contributed by atoms with Crippen molar-refractivity contribution in [1.82, 2.24) is 5.32 Å². The van der Waals surface area contributed by atoms with E-state index in [0.29, 0.717) is 0 Å². The molecule has 1 aromatic rings. The Hall–Kier alpha value is -4.26. The Morgan fingerprint density at radius 2 is 1.60 bits per heavy atom. The smallest absolute Gasteiger partial charge is 0.338 e. The van der Waals surface area contributed by atoms with Gasteiger partial charge in [-0.05, 0) is 5.56 Å². The van der Waals surface area contributed by atoms with Gasteiger partial charge in [0.05, 0.1) is 13.2 Å². The Morgan fingerprint density at radius 3 is 2.12 bits per heavy atom. The van der Waals surface area contributed by atoms with Crippen LogP contribution in [0.4, 0.5) is 0 Å². The maximum absolute atomic E-state index is 13.4. The van der Waals surface area contributed by atoms with Crippen LogP contribution in [0.5, 0.6) is 0 Å². The average molecular weight is 592 g/mol. The molecular formula is C29H37NO12. The summed E-state index contributed by atoms with van der Waals surface area (Å²) in [5, 5.41) is 2.64.